The van der Waals surface area contributed by atoms with Crippen molar-refractivity contribution in [1.29, 1.82) is 0 Å². The van der Waals surface area contributed by atoms with Gasteiger partial charge in [-0.05, 0) is 38.0 Å². The van der Waals surface area contributed by atoms with Crippen molar-refractivity contribution < 1.29 is 9.53 Å². The highest BCUT2D eigenvalue weighted by Gasteiger charge is 2.38. The molecule has 4 heterocycles. The van der Waals surface area contributed by atoms with Gasteiger partial charge >= 0.3 is 0 Å². The van der Waals surface area contributed by atoms with Crippen molar-refractivity contribution >= 4 is 17.5 Å². The van der Waals surface area contributed by atoms with E-state index in [2.05, 4.69) is 20.5 Å². The normalized spacial score (nSPS) is 20.2. The third-order valence-corrected chi connectivity index (χ3v) is 4.57. The van der Waals surface area contributed by atoms with Crippen LogP contribution in [-0.2, 0) is 16.1 Å². The highest BCUT2D eigenvalue weighted by Crippen LogP contribution is 2.34. The molecule has 3 aromatic heterocycles. The van der Waals surface area contributed by atoms with Crippen LogP contribution in [0.15, 0.2) is 30.7 Å². The second-order valence-corrected chi connectivity index (χ2v) is 6.20. The lowest BCUT2D eigenvalue weighted by Gasteiger charge is -2.18. The van der Waals surface area contributed by atoms with E-state index in [0.29, 0.717) is 24.6 Å². The molecule has 0 unspecified atom stereocenters. The summed E-state index contributed by atoms with van der Waals surface area (Å²) in [6.45, 7) is 5.36. The second-order valence-electron chi connectivity index (χ2n) is 6.20. The zero-order valence-corrected chi connectivity index (χ0v) is 14.2. The third-order valence-electron chi connectivity index (χ3n) is 4.57. The van der Waals surface area contributed by atoms with Gasteiger partial charge in [-0.25, -0.2) is 4.98 Å². The standard InChI is InChI=1S/C17H20N6O2/c1-3-22-8-6-18-15(22)14-12(5-9-25-14)16(24)19-17-21-20-13-10-11(2)4-7-23(13)17/h4,6-8,10,12,14H,3,5,9H2,1-2H3,(H,19,21,24)/t12-,14-/m1/s1. The topological polar surface area (TPSA) is 86.3 Å². The van der Waals surface area contributed by atoms with E-state index in [0.717, 1.165) is 17.9 Å². The fourth-order valence-corrected chi connectivity index (χ4v) is 3.24. The van der Waals surface area contributed by atoms with Crippen LogP contribution in [0.3, 0.4) is 0 Å². The number of fused-ring (bicyclic) bond motifs is 1. The molecule has 0 aromatic carbocycles. The minimum atomic E-state index is -0.337. The van der Waals surface area contributed by atoms with E-state index >= 15 is 0 Å². The molecule has 4 rings (SSSR count). The fraction of sp³-hybridized carbons (Fsp3) is 0.412. The Morgan fingerprint density at radius 1 is 1.40 bits per heavy atom. The molecule has 3 aromatic rings. The van der Waals surface area contributed by atoms with Gasteiger partial charge in [0.1, 0.15) is 11.9 Å². The molecule has 0 aliphatic carbocycles. The van der Waals surface area contributed by atoms with Crippen LogP contribution in [0.1, 0.15) is 30.8 Å². The summed E-state index contributed by atoms with van der Waals surface area (Å²) in [7, 11) is 0. The average Bonchev–Trinajstić information content (AvgIpc) is 3.33. The molecule has 8 heteroatoms. The Balaban J connectivity index is 1.57. The molecule has 1 saturated heterocycles. The van der Waals surface area contributed by atoms with E-state index in [9.17, 15) is 4.79 Å². The predicted molar refractivity (Wildman–Crippen MR) is 91.1 cm³/mol. The number of nitrogens with one attached hydrogen (secondary N) is 1. The van der Waals surface area contributed by atoms with Gasteiger partial charge in [0.15, 0.2) is 5.65 Å². The van der Waals surface area contributed by atoms with Gasteiger partial charge in [0, 0.05) is 31.7 Å². The number of aromatic nitrogens is 5. The Labute approximate surface area is 144 Å². The van der Waals surface area contributed by atoms with Gasteiger partial charge < -0.3 is 9.30 Å². The zero-order chi connectivity index (χ0) is 17.4. The van der Waals surface area contributed by atoms with Crippen LogP contribution in [0, 0.1) is 12.8 Å². The monoisotopic (exact) mass is 340 g/mol. The average molecular weight is 340 g/mol. The van der Waals surface area contributed by atoms with Crippen molar-refractivity contribution in [3.8, 4) is 0 Å². The molecular formula is C17H20N6O2. The van der Waals surface area contributed by atoms with Crippen molar-refractivity contribution in [2.24, 2.45) is 5.92 Å². The molecule has 2 atom stereocenters. The highest BCUT2D eigenvalue weighted by atomic mass is 16.5. The Morgan fingerprint density at radius 3 is 3.12 bits per heavy atom. The van der Waals surface area contributed by atoms with E-state index in [1.54, 1.807) is 10.6 Å². The number of nitrogens with zero attached hydrogens (tertiary/aromatic N) is 5. The van der Waals surface area contributed by atoms with Crippen LogP contribution >= 0.6 is 0 Å². The van der Waals surface area contributed by atoms with Crippen molar-refractivity contribution in [3.63, 3.8) is 0 Å². The molecule has 1 amide bonds. The summed E-state index contributed by atoms with van der Waals surface area (Å²) in [6.07, 6.45) is 5.82. The van der Waals surface area contributed by atoms with Crippen molar-refractivity contribution in [2.45, 2.75) is 32.9 Å². The van der Waals surface area contributed by atoms with Gasteiger partial charge in [-0.3, -0.25) is 14.5 Å². The number of carbonyl (C=O) groups is 1. The number of aryl methyl sites for hydroxylation is 2. The van der Waals surface area contributed by atoms with E-state index in [-0.39, 0.29) is 17.9 Å². The van der Waals surface area contributed by atoms with Crippen LogP contribution in [0.2, 0.25) is 0 Å². The number of pyridine rings is 1. The van der Waals surface area contributed by atoms with Crippen molar-refractivity contribution in [1.82, 2.24) is 24.1 Å². The van der Waals surface area contributed by atoms with Crippen molar-refractivity contribution in [2.75, 3.05) is 11.9 Å². The Kier molecular flexibility index (Phi) is 3.96. The molecule has 1 aliphatic heterocycles. The molecule has 1 fully saturated rings. The highest BCUT2D eigenvalue weighted by molar-refractivity contribution is 5.92. The van der Waals surface area contributed by atoms with Crippen LogP contribution in [0.4, 0.5) is 5.95 Å². The van der Waals surface area contributed by atoms with Gasteiger partial charge in [0.05, 0.1) is 5.92 Å². The number of imidazole rings is 1. The number of hydrogen-bond acceptors (Lipinski definition) is 5. The first kappa shape index (κ1) is 15.8. The molecule has 1 aliphatic rings. The molecule has 1 N–H and O–H groups in total. The molecule has 130 valence electrons. The Bertz CT molecular complexity index is 915. The van der Waals surface area contributed by atoms with Crippen molar-refractivity contribution in [3.05, 3.63) is 42.1 Å². The quantitative estimate of drug-likeness (QED) is 0.785. The van der Waals surface area contributed by atoms with Gasteiger partial charge in [-0.15, -0.1) is 10.2 Å². The van der Waals surface area contributed by atoms with Crippen LogP contribution in [-0.4, -0.2) is 36.7 Å². The summed E-state index contributed by atoms with van der Waals surface area (Å²) in [6, 6.07) is 3.87. The SMILES string of the molecule is CCn1ccnc1[C@@H]1OCC[C@H]1C(=O)Nc1nnc2cc(C)ccn12. The van der Waals surface area contributed by atoms with Gasteiger partial charge in [0.25, 0.3) is 0 Å². The van der Waals surface area contributed by atoms with Gasteiger partial charge in [-0.1, -0.05) is 0 Å². The number of amides is 1. The van der Waals surface area contributed by atoms with E-state index in [1.807, 2.05) is 42.9 Å². The molecular weight excluding hydrogens is 320 g/mol. The summed E-state index contributed by atoms with van der Waals surface area (Å²) >= 11 is 0. The minimum absolute atomic E-state index is 0.122. The Morgan fingerprint density at radius 2 is 2.28 bits per heavy atom. The van der Waals surface area contributed by atoms with E-state index in [4.69, 9.17) is 4.74 Å². The maximum atomic E-state index is 12.8. The predicted octanol–water partition coefficient (Wildman–Crippen LogP) is 1.97. The number of hydrogen-bond donors (Lipinski definition) is 1. The maximum Gasteiger partial charge on any atom is 0.235 e. The van der Waals surface area contributed by atoms with Crippen LogP contribution < -0.4 is 5.32 Å². The lowest BCUT2D eigenvalue weighted by atomic mass is 10.00. The lowest BCUT2D eigenvalue weighted by molar-refractivity contribution is -0.121. The summed E-state index contributed by atoms with van der Waals surface area (Å²) in [5.41, 5.74) is 1.80. The summed E-state index contributed by atoms with van der Waals surface area (Å²) in [5.74, 6) is 0.792. The Hall–Kier alpha value is -2.74. The first-order chi connectivity index (χ1) is 12.2. The summed E-state index contributed by atoms with van der Waals surface area (Å²) in [4.78, 5) is 17.2. The summed E-state index contributed by atoms with van der Waals surface area (Å²) in [5, 5.41) is 11.1. The molecule has 0 radical (unpaired) electrons. The molecule has 8 nitrogen and oxygen atoms in total. The van der Waals surface area contributed by atoms with Gasteiger partial charge in [0.2, 0.25) is 11.9 Å². The summed E-state index contributed by atoms with van der Waals surface area (Å²) < 4.78 is 9.58. The maximum absolute atomic E-state index is 12.8. The molecule has 0 saturated carbocycles. The minimum Gasteiger partial charge on any atom is -0.369 e. The van der Waals surface area contributed by atoms with Crippen LogP contribution in [0.5, 0.6) is 0 Å². The molecule has 25 heavy (non-hydrogen) atoms. The largest absolute Gasteiger partial charge is 0.369 e. The van der Waals surface area contributed by atoms with E-state index in [1.165, 1.54) is 0 Å². The number of carbonyl (C=O) groups excluding carboxylic acids is 1. The van der Waals surface area contributed by atoms with Gasteiger partial charge in [-0.2, -0.15) is 0 Å². The lowest BCUT2D eigenvalue weighted by Crippen LogP contribution is -2.27. The third kappa shape index (κ3) is 2.78. The van der Waals surface area contributed by atoms with E-state index < -0.39 is 0 Å². The molecule has 0 bridgehead atoms. The molecule has 0 spiro atoms. The zero-order valence-electron chi connectivity index (χ0n) is 14.2. The second kappa shape index (κ2) is 6.29. The number of rotatable bonds is 4. The fourth-order valence-electron chi connectivity index (χ4n) is 3.24. The number of anilines is 1. The number of ether oxygens (including phenoxy) is 1. The smallest absolute Gasteiger partial charge is 0.235 e. The van der Waals surface area contributed by atoms with Crippen LogP contribution in [0.25, 0.3) is 5.65 Å². The first-order valence-electron chi connectivity index (χ1n) is 8.42. The first-order valence-corrected chi connectivity index (χ1v) is 8.42.